The van der Waals surface area contributed by atoms with Crippen molar-refractivity contribution < 1.29 is 22.8 Å². The number of hydrogen-bond donors (Lipinski definition) is 2. The highest BCUT2D eigenvalue weighted by Gasteiger charge is 2.50. The smallest absolute Gasteiger partial charge is 0.354 e. The number of rotatable bonds is 5. The molecule has 4 bridgehead atoms. The molecule has 1 aromatic carbocycles. The summed E-state index contributed by atoms with van der Waals surface area (Å²) < 4.78 is 37.7. The van der Waals surface area contributed by atoms with E-state index in [4.69, 9.17) is 0 Å². The van der Waals surface area contributed by atoms with Gasteiger partial charge in [-0.05, 0) is 86.0 Å². The van der Waals surface area contributed by atoms with Gasteiger partial charge in [0.25, 0.3) is 5.91 Å². The van der Waals surface area contributed by atoms with E-state index in [9.17, 15) is 22.8 Å². The minimum absolute atomic E-state index is 0.0990. The fraction of sp³-hybridized carbons (Fsp3) is 0.619. The number of hydrogen-bond acceptors (Lipinski definition) is 2. The first-order chi connectivity index (χ1) is 13.2. The van der Waals surface area contributed by atoms with Gasteiger partial charge >= 0.3 is 6.18 Å². The number of alkyl halides is 3. The van der Waals surface area contributed by atoms with Gasteiger partial charge in [0, 0.05) is 12.1 Å². The molecule has 0 aromatic heterocycles. The minimum Gasteiger partial charge on any atom is -0.354 e. The largest absolute Gasteiger partial charge is 0.416 e. The normalized spacial score (nSPS) is 30.9. The molecule has 0 aliphatic heterocycles. The van der Waals surface area contributed by atoms with Crippen molar-refractivity contribution in [1.29, 1.82) is 0 Å². The molecule has 0 saturated heterocycles. The van der Waals surface area contributed by atoms with Crippen molar-refractivity contribution in [3.8, 4) is 0 Å². The highest BCUT2D eigenvalue weighted by molar-refractivity contribution is 5.96. The molecule has 0 spiro atoms. The summed E-state index contributed by atoms with van der Waals surface area (Å²) in [6, 6.07) is 3.96. The van der Waals surface area contributed by atoms with Crippen LogP contribution in [0.25, 0.3) is 0 Å². The van der Waals surface area contributed by atoms with Crippen molar-refractivity contribution in [2.45, 2.75) is 44.7 Å². The molecule has 2 N–H and O–H groups in total. The fourth-order valence-corrected chi connectivity index (χ4v) is 5.93. The van der Waals surface area contributed by atoms with E-state index < -0.39 is 17.6 Å². The van der Waals surface area contributed by atoms with Gasteiger partial charge in [-0.1, -0.05) is 0 Å². The van der Waals surface area contributed by atoms with Gasteiger partial charge < -0.3 is 10.6 Å². The van der Waals surface area contributed by atoms with E-state index in [-0.39, 0.29) is 23.4 Å². The molecule has 1 aromatic rings. The summed E-state index contributed by atoms with van der Waals surface area (Å²) in [4.78, 5) is 24.2. The van der Waals surface area contributed by atoms with Crippen molar-refractivity contribution in [2.75, 3.05) is 13.1 Å². The summed E-state index contributed by atoms with van der Waals surface area (Å²) in [5, 5.41) is 5.46. The lowest BCUT2D eigenvalue weighted by Crippen LogP contribution is -2.52. The standard InChI is InChI=1S/C21H25F3N2O2/c22-21(23,24)17-3-1-16(2-4-17)19(28)25-11-18(27)26-12-20-8-13-5-14(9-20)7-15(6-13)10-20/h1-4,13-15H,5-12H2,(H,25,28)(H,26,27). The summed E-state index contributed by atoms with van der Waals surface area (Å²) >= 11 is 0. The van der Waals surface area contributed by atoms with Gasteiger partial charge in [-0.2, -0.15) is 13.2 Å². The molecule has 152 valence electrons. The maximum Gasteiger partial charge on any atom is 0.416 e. The monoisotopic (exact) mass is 394 g/mol. The lowest BCUT2D eigenvalue weighted by molar-refractivity contribution is -0.137. The molecule has 0 radical (unpaired) electrons. The van der Waals surface area contributed by atoms with Crippen LogP contribution in [0, 0.1) is 23.2 Å². The zero-order chi connectivity index (χ0) is 19.9. The Balaban J connectivity index is 1.25. The van der Waals surface area contributed by atoms with Gasteiger partial charge in [-0.15, -0.1) is 0 Å². The third kappa shape index (κ3) is 4.03. The number of halogens is 3. The molecular formula is C21H25F3N2O2. The van der Waals surface area contributed by atoms with E-state index in [0.29, 0.717) is 6.54 Å². The summed E-state index contributed by atoms with van der Waals surface area (Å²) in [5.41, 5.74) is -0.485. The Morgan fingerprint density at radius 3 is 1.96 bits per heavy atom. The van der Waals surface area contributed by atoms with E-state index in [1.54, 1.807) is 0 Å². The van der Waals surface area contributed by atoms with Crippen LogP contribution in [0.4, 0.5) is 13.2 Å². The first-order valence-corrected chi connectivity index (χ1v) is 9.95. The molecule has 0 heterocycles. The van der Waals surface area contributed by atoms with Crippen molar-refractivity contribution in [2.24, 2.45) is 23.2 Å². The van der Waals surface area contributed by atoms with E-state index in [2.05, 4.69) is 10.6 Å². The maximum atomic E-state index is 12.6. The molecule has 4 aliphatic rings. The highest BCUT2D eigenvalue weighted by atomic mass is 19.4. The first-order valence-electron chi connectivity index (χ1n) is 9.95. The van der Waals surface area contributed by atoms with E-state index >= 15 is 0 Å². The van der Waals surface area contributed by atoms with Gasteiger partial charge in [0.05, 0.1) is 12.1 Å². The summed E-state index contributed by atoms with van der Waals surface area (Å²) in [6.07, 6.45) is 3.17. The molecule has 0 unspecified atom stereocenters. The zero-order valence-electron chi connectivity index (χ0n) is 15.6. The lowest BCUT2D eigenvalue weighted by atomic mass is 9.49. The molecular weight excluding hydrogens is 369 g/mol. The summed E-state index contributed by atoms with van der Waals surface area (Å²) in [5.74, 6) is 1.61. The number of amides is 2. The average molecular weight is 394 g/mol. The fourth-order valence-electron chi connectivity index (χ4n) is 5.93. The van der Waals surface area contributed by atoms with Crippen LogP contribution in [0.15, 0.2) is 24.3 Å². The second-order valence-electron chi connectivity index (χ2n) is 8.95. The molecule has 5 rings (SSSR count). The van der Waals surface area contributed by atoms with Crippen LogP contribution in [0.1, 0.15) is 54.4 Å². The molecule has 4 nitrogen and oxygen atoms in total. The van der Waals surface area contributed by atoms with E-state index in [1.807, 2.05) is 0 Å². The number of carbonyl (C=O) groups is 2. The Kier molecular flexibility index (Phi) is 4.88. The van der Waals surface area contributed by atoms with Crippen LogP contribution in [0.3, 0.4) is 0 Å². The van der Waals surface area contributed by atoms with Crippen LogP contribution in [-0.2, 0) is 11.0 Å². The molecule has 7 heteroatoms. The first kappa shape index (κ1) is 19.3. The number of nitrogens with one attached hydrogen (secondary N) is 2. The van der Waals surface area contributed by atoms with Crippen LogP contribution >= 0.6 is 0 Å². The van der Waals surface area contributed by atoms with E-state index in [0.717, 1.165) is 42.0 Å². The Bertz CT molecular complexity index is 723. The third-order valence-electron chi connectivity index (χ3n) is 6.71. The molecule has 28 heavy (non-hydrogen) atoms. The molecule has 4 fully saturated rings. The zero-order valence-corrected chi connectivity index (χ0v) is 15.6. The Morgan fingerprint density at radius 1 is 0.929 bits per heavy atom. The van der Waals surface area contributed by atoms with Crippen molar-refractivity contribution in [1.82, 2.24) is 10.6 Å². The van der Waals surface area contributed by atoms with Gasteiger partial charge in [-0.25, -0.2) is 0 Å². The molecule has 0 atom stereocenters. The Hall–Kier alpha value is -2.05. The van der Waals surface area contributed by atoms with Crippen molar-refractivity contribution in [3.63, 3.8) is 0 Å². The molecule has 4 aliphatic carbocycles. The van der Waals surface area contributed by atoms with Crippen LogP contribution in [0.2, 0.25) is 0 Å². The highest BCUT2D eigenvalue weighted by Crippen LogP contribution is 2.59. The van der Waals surface area contributed by atoms with E-state index in [1.165, 1.54) is 38.5 Å². The third-order valence-corrected chi connectivity index (χ3v) is 6.71. The Labute approximate surface area is 162 Å². The predicted octanol–water partition coefficient (Wildman–Crippen LogP) is 3.77. The topological polar surface area (TPSA) is 58.2 Å². The maximum absolute atomic E-state index is 12.6. The summed E-state index contributed by atoms with van der Waals surface area (Å²) in [6.45, 7) is 0.484. The second-order valence-corrected chi connectivity index (χ2v) is 8.95. The number of carbonyl (C=O) groups excluding carboxylic acids is 2. The molecule has 2 amide bonds. The second kappa shape index (κ2) is 7.08. The lowest BCUT2D eigenvalue weighted by Gasteiger charge is -2.56. The molecule has 4 saturated carbocycles. The van der Waals surface area contributed by atoms with Crippen LogP contribution in [-0.4, -0.2) is 24.9 Å². The Morgan fingerprint density at radius 2 is 1.46 bits per heavy atom. The SMILES string of the molecule is O=C(CNC(=O)c1ccc(C(F)(F)F)cc1)NCC12CC3CC(CC(C3)C1)C2. The van der Waals surface area contributed by atoms with Crippen LogP contribution in [0.5, 0.6) is 0 Å². The quantitative estimate of drug-likeness (QED) is 0.799. The number of benzene rings is 1. The van der Waals surface area contributed by atoms with Gasteiger partial charge in [0.15, 0.2) is 0 Å². The van der Waals surface area contributed by atoms with Crippen molar-refractivity contribution >= 4 is 11.8 Å². The summed E-state index contributed by atoms with van der Waals surface area (Å²) in [7, 11) is 0. The van der Waals surface area contributed by atoms with Gasteiger partial charge in [0.1, 0.15) is 0 Å². The average Bonchev–Trinajstić information content (AvgIpc) is 2.63. The predicted molar refractivity (Wildman–Crippen MR) is 97.4 cm³/mol. The van der Waals surface area contributed by atoms with Crippen molar-refractivity contribution in [3.05, 3.63) is 35.4 Å². The van der Waals surface area contributed by atoms with Crippen LogP contribution < -0.4 is 10.6 Å². The van der Waals surface area contributed by atoms with Gasteiger partial charge in [0.2, 0.25) is 5.91 Å². The minimum atomic E-state index is -4.44. The van der Waals surface area contributed by atoms with Gasteiger partial charge in [-0.3, -0.25) is 9.59 Å².